The number of rotatable bonds is 6. The number of hydrogen-bond donors (Lipinski definition) is 1. The van der Waals surface area contributed by atoms with Crippen LogP contribution in [0.2, 0.25) is 0 Å². The van der Waals surface area contributed by atoms with Crippen molar-refractivity contribution in [1.82, 2.24) is 10.2 Å². The molecular formula is C15H32N2. The van der Waals surface area contributed by atoms with Crippen molar-refractivity contribution in [3.05, 3.63) is 0 Å². The number of nitrogens with zero attached hydrogens (tertiary/aromatic N) is 1. The Bertz CT molecular complexity index is 191. The molecule has 1 N–H and O–H groups in total. The van der Waals surface area contributed by atoms with Gasteiger partial charge in [0.2, 0.25) is 0 Å². The lowest BCUT2D eigenvalue weighted by atomic mass is 9.79. The Morgan fingerprint density at radius 1 is 1.06 bits per heavy atom. The topological polar surface area (TPSA) is 15.3 Å². The minimum Gasteiger partial charge on any atom is -0.316 e. The summed E-state index contributed by atoms with van der Waals surface area (Å²) in [5.74, 6) is 0.761. The van der Waals surface area contributed by atoms with Crippen LogP contribution in [0.1, 0.15) is 52.4 Å². The minimum atomic E-state index is 0.537. The molecule has 0 bridgehead atoms. The van der Waals surface area contributed by atoms with E-state index >= 15 is 0 Å². The Balaban J connectivity index is 2.50. The van der Waals surface area contributed by atoms with Crippen LogP contribution in [0.4, 0.5) is 0 Å². The van der Waals surface area contributed by atoms with Gasteiger partial charge in [0, 0.05) is 13.1 Å². The quantitative estimate of drug-likeness (QED) is 0.718. The van der Waals surface area contributed by atoms with E-state index in [1.807, 2.05) is 0 Å². The smallest absolute Gasteiger partial charge is 0.00440 e. The second-order valence-electron chi connectivity index (χ2n) is 6.68. The lowest BCUT2D eigenvalue weighted by Crippen LogP contribution is -2.42. The lowest BCUT2D eigenvalue weighted by Gasteiger charge is -2.36. The molecule has 0 unspecified atom stereocenters. The van der Waals surface area contributed by atoms with Crippen LogP contribution >= 0.6 is 0 Å². The van der Waals surface area contributed by atoms with Crippen LogP contribution in [-0.4, -0.2) is 38.6 Å². The van der Waals surface area contributed by atoms with E-state index < -0.39 is 0 Å². The standard InChI is InChI=1S/C15H32N2/c1-14(2)11-16-12-15(13-17(3)4)9-7-5-6-8-10-15/h14,16H,5-13H2,1-4H3. The molecule has 0 aliphatic heterocycles. The van der Waals surface area contributed by atoms with Gasteiger partial charge in [-0.1, -0.05) is 39.5 Å². The van der Waals surface area contributed by atoms with Crippen LogP contribution in [0, 0.1) is 11.3 Å². The fourth-order valence-electron chi connectivity index (χ4n) is 3.17. The molecule has 0 heterocycles. The second-order valence-corrected chi connectivity index (χ2v) is 6.68. The summed E-state index contributed by atoms with van der Waals surface area (Å²) in [6.45, 7) is 8.20. The van der Waals surface area contributed by atoms with E-state index in [9.17, 15) is 0 Å². The average Bonchev–Trinajstić information content (AvgIpc) is 2.42. The second kappa shape index (κ2) is 7.38. The molecule has 0 aromatic carbocycles. The van der Waals surface area contributed by atoms with Crippen LogP contribution in [0.3, 0.4) is 0 Å². The largest absolute Gasteiger partial charge is 0.316 e. The summed E-state index contributed by atoms with van der Waals surface area (Å²) < 4.78 is 0. The highest BCUT2D eigenvalue weighted by Crippen LogP contribution is 2.35. The fourth-order valence-corrected chi connectivity index (χ4v) is 3.17. The monoisotopic (exact) mass is 240 g/mol. The molecule has 0 aromatic rings. The van der Waals surface area contributed by atoms with Crippen LogP contribution in [0.25, 0.3) is 0 Å². The zero-order chi connectivity index (χ0) is 12.7. The normalized spacial score (nSPS) is 20.8. The van der Waals surface area contributed by atoms with E-state index in [1.165, 1.54) is 51.6 Å². The summed E-state index contributed by atoms with van der Waals surface area (Å²) in [4.78, 5) is 2.38. The van der Waals surface area contributed by atoms with Crippen molar-refractivity contribution in [2.24, 2.45) is 11.3 Å². The Labute approximate surface area is 108 Å². The van der Waals surface area contributed by atoms with Gasteiger partial charge in [-0.2, -0.15) is 0 Å². The summed E-state index contributed by atoms with van der Waals surface area (Å²) in [7, 11) is 4.43. The molecule has 0 amide bonds. The lowest BCUT2D eigenvalue weighted by molar-refractivity contribution is 0.162. The zero-order valence-electron chi connectivity index (χ0n) is 12.4. The van der Waals surface area contributed by atoms with Crippen molar-refractivity contribution in [1.29, 1.82) is 0 Å². The molecule has 0 atom stereocenters. The maximum absolute atomic E-state index is 3.70. The molecule has 1 aliphatic rings. The van der Waals surface area contributed by atoms with Gasteiger partial charge in [-0.15, -0.1) is 0 Å². The van der Waals surface area contributed by atoms with Gasteiger partial charge in [0.1, 0.15) is 0 Å². The number of hydrogen-bond acceptors (Lipinski definition) is 2. The van der Waals surface area contributed by atoms with Gasteiger partial charge in [-0.25, -0.2) is 0 Å². The molecule has 102 valence electrons. The Morgan fingerprint density at radius 2 is 1.65 bits per heavy atom. The van der Waals surface area contributed by atoms with Crippen molar-refractivity contribution < 1.29 is 0 Å². The van der Waals surface area contributed by atoms with Crippen LogP contribution in [0.5, 0.6) is 0 Å². The summed E-state index contributed by atoms with van der Waals surface area (Å²) >= 11 is 0. The van der Waals surface area contributed by atoms with Crippen molar-refractivity contribution in [3.8, 4) is 0 Å². The third kappa shape index (κ3) is 5.87. The third-order valence-corrected chi connectivity index (χ3v) is 3.87. The van der Waals surface area contributed by atoms with Crippen molar-refractivity contribution >= 4 is 0 Å². The molecule has 0 saturated heterocycles. The van der Waals surface area contributed by atoms with Crippen LogP contribution in [0.15, 0.2) is 0 Å². The number of nitrogens with one attached hydrogen (secondary N) is 1. The summed E-state index contributed by atoms with van der Waals surface area (Å²) in [6.07, 6.45) is 8.57. The maximum Gasteiger partial charge on any atom is 0.00440 e. The molecule has 0 spiro atoms. The molecule has 0 aromatic heterocycles. The first-order valence-corrected chi connectivity index (χ1v) is 7.39. The minimum absolute atomic E-state index is 0.537. The first kappa shape index (κ1) is 15.0. The van der Waals surface area contributed by atoms with Crippen molar-refractivity contribution in [3.63, 3.8) is 0 Å². The van der Waals surface area contributed by atoms with Crippen molar-refractivity contribution in [2.75, 3.05) is 33.7 Å². The predicted octanol–water partition coefficient (Wildman–Crippen LogP) is 3.13. The fraction of sp³-hybridized carbons (Fsp3) is 1.00. The van der Waals surface area contributed by atoms with E-state index in [0.717, 1.165) is 12.5 Å². The SMILES string of the molecule is CC(C)CNCC1(CN(C)C)CCCCCC1. The molecular weight excluding hydrogens is 208 g/mol. The highest BCUT2D eigenvalue weighted by Gasteiger charge is 2.31. The Morgan fingerprint density at radius 3 is 2.12 bits per heavy atom. The Kier molecular flexibility index (Phi) is 6.50. The molecule has 2 heteroatoms. The van der Waals surface area contributed by atoms with E-state index in [4.69, 9.17) is 0 Å². The molecule has 0 radical (unpaired) electrons. The van der Waals surface area contributed by atoms with Gasteiger partial charge in [0.15, 0.2) is 0 Å². The van der Waals surface area contributed by atoms with Gasteiger partial charge < -0.3 is 10.2 Å². The van der Waals surface area contributed by atoms with Gasteiger partial charge in [-0.3, -0.25) is 0 Å². The molecule has 1 fully saturated rings. The average molecular weight is 240 g/mol. The first-order chi connectivity index (χ1) is 8.04. The van der Waals surface area contributed by atoms with Gasteiger partial charge in [0.25, 0.3) is 0 Å². The van der Waals surface area contributed by atoms with E-state index in [-0.39, 0.29) is 0 Å². The highest BCUT2D eigenvalue weighted by molar-refractivity contribution is 4.86. The van der Waals surface area contributed by atoms with Gasteiger partial charge >= 0.3 is 0 Å². The summed E-state index contributed by atoms with van der Waals surface area (Å²) in [5.41, 5.74) is 0.537. The zero-order valence-corrected chi connectivity index (χ0v) is 12.4. The van der Waals surface area contributed by atoms with Gasteiger partial charge in [0.05, 0.1) is 0 Å². The van der Waals surface area contributed by atoms with Crippen LogP contribution < -0.4 is 5.32 Å². The summed E-state index contributed by atoms with van der Waals surface area (Å²) in [5, 5.41) is 3.70. The molecule has 1 rings (SSSR count). The molecule has 17 heavy (non-hydrogen) atoms. The predicted molar refractivity (Wildman–Crippen MR) is 76.4 cm³/mol. The first-order valence-electron chi connectivity index (χ1n) is 7.39. The molecule has 1 aliphatic carbocycles. The van der Waals surface area contributed by atoms with E-state index in [1.54, 1.807) is 0 Å². The Hall–Kier alpha value is -0.0800. The van der Waals surface area contributed by atoms with E-state index in [2.05, 4.69) is 38.2 Å². The van der Waals surface area contributed by atoms with Crippen LogP contribution in [-0.2, 0) is 0 Å². The third-order valence-electron chi connectivity index (χ3n) is 3.87. The summed E-state index contributed by atoms with van der Waals surface area (Å²) in [6, 6.07) is 0. The molecule has 1 saturated carbocycles. The van der Waals surface area contributed by atoms with Gasteiger partial charge in [-0.05, 0) is 44.8 Å². The molecule has 2 nitrogen and oxygen atoms in total. The van der Waals surface area contributed by atoms with E-state index in [0.29, 0.717) is 5.41 Å². The maximum atomic E-state index is 3.70. The highest BCUT2D eigenvalue weighted by atomic mass is 15.1. The van der Waals surface area contributed by atoms with Crippen molar-refractivity contribution in [2.45, 2.75) is 52.4 Å².